The summed E-state index contributed by atoms with van der Waals surface area (Å²) in [6, 6.07) is 12.8. The SMILES string of the molecule is CCCNCc1ccc(C(CO)N2C(=O)C(c3cc(Cl)cc(Cl)c3)=NC23CCC(C(C)(C)C)CC3)cc1. The minimum atomic E-state index is -0.697. The van der Waals surface area contributed by atoms with Crippen LogP contribution in [0.1, 0.15) is 82.5 Å². The summed E-state index contributed by atoms with van der Waals surface area (Å²) in [5.74, 6) is 0.373. The van der Waals surface area contributed by atoms with Crippen LogP contribution in [0.2, 0.25) is 10.0 Å². The van der Waals surface area contributed by atoms with Crippen LogP contribution in [-0.2, 0) is 11.3 Å². The highest BCUT2D eigenvalue weighted by molar-refractivity contribution is 6.47. The summed E-state index contributed by atoms with van der Waals surface area (Å²) >= 11 is 12.6. The molecule has 37 heavy (non-hydrogen) atoms. The van der Waals surface area contributed by atoms with E-state index in [2.05, 4.69) is 45.1 Å². The molecular weight excluding hydrogens is 505 g/mol. The zero-order valence-electron chi connectivity index (χ0n) is 22.4. The lowest BCUT2D eigenvalue weighted by molar-refractivity contribution is -0.135. The number of hydrogen-bond acceptors (Lipinski definition) is 4. The molecule has 5 nitrogen and oxygen atoms in total. The maximum Gasteiger partial charge on any atom is 0.275 e. The summed E-state index contributed by atoms with van der Waals surface area (Å²) < 4.78 is 0. The Bertz CT molecular complexity index is 1110. The standard InChI is InChI=1S/C30H39Cl2N3O2/c1-5-14-33-18-20-6-8-21(9-7-20)26(19-36)35-28(37)27(22-15-24(31)17-25(32)16-22)34-30(35)12-10-23(11-13-30)29(2,3)4/h6-9,15-17,23,26,33,36H,5,10-14,18-19H2,1-4H3. The van der Waals surface area contributed by atoms with Gasteiger partial charge in [0.15, 0.2) is 0 Å². The number of carbonyl (C=O) groups is 1. The number of nitrogens with one attached hydrogen (secondary N) is 1. The molecular formula is C30H39Cl2N3O2. The normalized spacial score (nSPS) is 23.0. The first kappa shape index (κ1) is 28.1. The van der Waals surface area contributed by atoms with E-state index < -0.39 is 11.7 Å². The fraction of sp³-hybridized carbons (Fsp3) is 0.533. The van der Waals surface area contributed by atoms with E-state index in [0.29, 0.717) is 27.2 Å². The predicted molar refractivity (Wildman–Crippen MR) is 152 cm³/mol. The van der Waals surface area contributed by atoms with Crippen molar-refractivity contribution in [3.63, 3.8) is 0 Å². The van der Waals surface area contributed by atoms with Gasteiger partial charge < -0.3 is 15.3 Å². The Balaban J connectivity index is 1.70. The van der Waals surface area contributed by atoms with Crippen LogP contribution in [0, 0.1) is 11.3 Å². The van der Waals surface area contributed by atoms with E-state index in [1.807, 2.05) is 17.0 Å². The molecule has 1 atom stereocenters. The number of nitrogens with zero attached hydrogens (tertiary/aromatic N) is 2. The molecule has 200 valence electrons. The average Bonchev–Trinajstić information content (AvgIpc) is 3.11. The Hall–Kier alpha value is -1.92. The van der Waals surface area contributed by atoms with Crippen LogP contribution < -0.4 is 5.32 Å². The number of aliphatic imine (C=N–C) groups is 1. The second-order valence-corrected chi connectivity index (χ2v) is 12.4. The highest BCUT2D eigenvalue weighted by Gasteiger charge is 2.52. The second kappa shape index (κ2) is 11.4. The van der Waals surface area contributed by atoms with Gasteiger partial charge in [-0.3, -0.25) is 9.79 Å². The molecule has 7 heteroatoms. The molecule has 0 saturated heterocycles. The Morgan fingerprint density at radius 1 is 1.11 bits per heavy atom. The fourth-order valence-corrected chi connectivity index (χ4v) is 6.35. The molecule has 2 aromatic rings. The lowest BCUT2D eigenvalue weighted by Crippen LogP contribution is -2.52. The van der Waals surface area contributed by atoms with Crippen LogP contribution in [0.4, 0.5) is 0 Å². The van der Waals surface area contributed by atoms with E-state index in [-0.39, 0.29) is 17.9 Å². The van der Waals surface area contributed by atoms with E-state index in [1.165, 1.54) is 5.56 Å². The van der Waals surface area contributed by atoms with Gasteiger partial charge in [0.2, 0.25) is 0 Å². The maximum absolute atomic E-state index is 14.1. The van der Waals surface area contributed by atoms with Crippen LogP contribution in [-0.4, -0.2) is 40.4 Å². The van der Waals surface area contributed by atoms with E-state index in [4.69, 9.17) is 28.2 Å². The number of aliphatic hydroxyl groups is 1. The molecule has 0 aromatic heterocycles. The van der Waals surface area contributed by atoms with Crippen molar-refractivity contribution < 1.29 is 9.90 Å². The number of amides is 1. The molecule has 1 unspecified atom stereocenters. The maximum atomic E-state index is 14.1. The molecule has 1 amide bonds. The molecule has 2 aliphatic rings. The molecule has 1 fully saturated rings. The van der Waals surface area contributed by atoms with Crippen molar-refractivity contribution in [1.29, 1.82) is 0 Å². The van der Waals surface area contributed by atoms with Crippen LogP contribution in [0.3, 0.4) is 0 Å². The van der Waals surface area contributed by atoms with Gasteiger partial charge >= 0.3 is 0 Å². The molecule has 0 bridgehead atoms. The van der Waals surface area contributed by atoms with Gasteiger partial charge in [-0.2, -0.15) is 0 Å². The summed E-state index contributed by atoms with van der Waals surface area (Å²) in [4.78, 5) is 21.1. The van der Waals surface area contributed by atoms with Crippen molar-refractivity contribution in [2.24, 2.45) is 16.3 Å². The van der Waals surface area contributed by atoms with Crippen LogP contribution in [0.5, 0.6) is 0 Å². The molecule has 4 rings (SSSR count). The zero-order chi connectivity index (χ0) is 26.8. The van der Waals surface area contributed by atoms with Gasteiger partial charge in [-0.15, -0.1) is 0 Å². The first-order chi connectivity index (χ1) is 17.6. The molecule has 1 spiro atoms. The monoisotopic (exact) mass is 543 g/mol. The summed E-state index contributed by atoms with van der Waals surface area (Å²) in [6.07, 6.45) is 4.54. The number of aliphatic hydroxyl groups excluding tert-OH is 1. The summed E-state index contributed by atoms with van der Waals surface area (Å²) in [5.41, 5.74) is 2.58. The van der Waals surface area contributed by atoms with Gasteiger partial charge in [0.25, 0.3) is 5.91 Å². The highest BCUT2D eigenvalue weighted by Crippen LogP contribution is 2.49. The van der Waals surface area contributed by atoms with Crippen molar-refractivity contribution in [2.75, 3.05) is 13.2 Å². The second-order valence-electron chi connectivity index (χ2n) is 11.5. The number of carbonyl (C=O) groups excluding carboxylic acids is 1. The molecule has 1 saturated carbocycles. The van der Waals surface area contributed by atoms with Gasteiger partial charge in [0.05, 0.1) is 12.6 Å². The fourth-order valence-electron chi connectivity index (χ4n) is 5.83. The van der Waals surface area contributed by atoms with E-state index in [0.717, 1.165) is 50.8 Å². The third-order valence-corrected chi connectivity index (χ3v) is 8.38. The summed E-state index contributed by atoms with van der Waals surface area (Å²) in [5, 5.41) is 15.0. The Morgan fingerprint density at radius 3 is 2.27 bits per heavy atom. The van der Waals surface area contributed by atoms with Gasteiger partial charge in [0.1, 0.15) is 11.4 Å². The number of halogens is 2. The Kier molecular flexibility index (Phi) is 8.69. The third kappa shape index (κ3) is 6.06. The summed E-state index contributed by atoms with van der Waals surface area (Å²) in [7, 11) is 0. The molecule has 1 aliphatic carbocycles. The minimum Gasteiger partial charge on any atom is -0.394 e. The van der Waals surface area contributed by atoms with Crippen molar-refractivity contribution in [3.05, 3.63) is 69.2 Å². The van der Waals surface area contributed by atoms with Gasteiger partial charge in [-0.25, -0.2) is 0 Å². The van der Waals surface area contributed by atoms with Gasteiger partial charge in [0, 0.05) is 22.2 Å². The highest BCUT2D eigenvalue weighted by atomic mass is 35.5. The minimum absolute atomic E-state index is 0.178. The third-order valence-electron chi connectivity index (χ3n) is 7.94. The van der Waals surface area contributed by atoms with Crippen LogP contribution >= 0.6 is 23.2 Å². The van der Waals surface area contributed by atoms with Crippen LogP contribution in [0.15, 0.2) is 47.5 Å². The van der Waals surface area contributed by atoms with Crippen molar-refractivity contribution >= 4 is 34.8 Å². The molecule has 0 radical (unpaired) electrons. The number of rotatable bonds is 8. The van der Waals surface area contributed by atoms with Crippen molar-refractivity contribution in [3.8, 4) is 0 Å². The first-order valence-corrected chi connectivity index (χ1v) is 14.1. The summed E-state index contributed by atoms with van der Waals surface area (Å²) in [6.45, 7) is 10.6. The first-order valence-electron chi connectivity index (χ1n) is 13.4. The van der Waals surface area contributed by atoms with Gasteiger partial charge in [-0.1, -0.05) is 75.2 Å². The predicted octanol–water partition coefficient (Wildman–Crippen LogP) is 6.79. The van der Waals surface area contributed by atoms with Crippen LogP contribution in [0.25, 0.3) is 0 Å². The molecule has 2 N–H and O–H groups in total. The largest absolute Gasteiger partial charge is 0.394 e. The lowest BCUT2D eigenvalue weighted by Gasteiger charge is -2.47. The smallest absolute Gasteiger partial charge is 0.275 e. The Labute approximate surface area is 231 Å². The quantitative estimate of drug-likeness (QED) is 0.360. The number of hydrogen-bond donors (Lipinski definition) is 2. The molecule has 1 heterocycles. The molecule has 2 aromatic carbocycles. The van der Waals surface area contributed by atoms with E-state index >= 15 is 0 Å². The Morgan fingerprint density at radius 2 is 1.73 bits per heavy atom. The van der Waals surface area contributed by atoms with Gasteiger partial charge in [-0.05, 0) is 79.3 Å². The molecule has 1 aliphatic heterocycles. The van der Waals surface area contributed by atoms with Crippen molar-refractivity contribution in [2.45, 2.75) is 78.0 Å². The van der Waals surface area contributed by atoms with E-state index in [1.54, 1.807) is 18.2 Å². The number of benzene rings is 2. The topological polar surface area (TPSA) is 64.9 Å². The zero-order valence-corrected chi connectivity index (χ0v) is 23.9. The average molecular weight is 545 g/mol. The lowest BCUT2D eigenvalue weighted by atomic mass is 9.69. The van der Waals surface area contributed by atoms with Crippen molar-refractivity contribution in [1.82, 2.24) is 10.2 Å². The van der Waals surface area contributed by atoms with E-state index in [9.17, 15) is 9.90 Å².